The Hall–Kier alpha value is -3.35. The molecule has 1 fully saturated rings. The van der Waals surface area contributed by atoms with Gasteiger partial charge in [0.2, 0.25) is 12.0 Å². The zero-order valence-electron chi connectivity index (χ0n) is 17.4. The molecule has 0 bridgehead atoms. The molecule has 0 spiro atoms. The largest absolute Gasteiger partial charge is 0.504 e. The van der Waals surface area contributed by atoms with Gasteiger partial charge in [-0.25, -0.2) is 0 Å². The Morgan fingerprint density at radius 3 is 2.39 bits per heavy atom. The van der Waals surface area contributed by atoms with Crippen LogP contribution >= 0.6 is 0 Å². The number of carbonyl (C=O) groups is 1. The first kappa shape index (κ1) is 24.3. The molecule has 1 saturated heterocycles. The Morgan fingerprint density at radius 2 is 1.76 bits per heavy atom. The molecule has 1 heterocycles. The average Bonchev–Trinajstić information content (AvgIpc) is 2.80. The van der Waals surface area contributed by atoms with E-state index in [1.807, 2.05) is 0 Å². The molecule has 5 atom stereocenters. The maximum Gasteiger partial charge on any atom is 0.229 e. The number of hydrogen-bond donors (Lipinski definition) is 7. The molecule has 178 valence electrons. The molecule has 33 heavy (non-hydrogen) atoms. The summed E-state index contributed by atoms with van der Waals surface area (Å²) in [5.74, 6) is -2.52. The summed E-state index contributed by atoms with van der Waals surface area (Å²) < 4.78 is 15.4. The van der Waals surface area contributed by atoms with Crippen LogP contribution in [0.2, 0.25) is 0 Å². The quantitative estimate of drug-likeness (QED) is 0.214. The molecule has 0 amide bonds. The van der Waals surface area contributed by atoms with Crippen LogP contribution in [0.25, 0.3) is 6.08 Å². The first-order valence-electron chi connectivity index (χ1n) is 9.79. The van der Waals surface area contributed by atoms with E-state index in [-0.39, 0.29) is 17.1 Å². The van der Waals surface area contributed by atoms with Crippen molar-refractivity contribution in [1.82, 2.24) is 0 Å². The Bertz CT molecular complexity index is 1030. The summed E-state index contributed by atoms with van der Waals surface area (Å²) in [6.07, 6.45) is -5.60. The van der Waals surface area contributed by atoms with Crippen LogP contribution < -0.4 is 9.47 Å². The van der Waals surface area contributed by atoms with Crippen LogP contribution in [0.3, 0.4) is 0 Å². The van der Waals surface area contributed by atoms with Crippen molar-refractivity contribution < 1.29 is 54.8 Å². The second kappa shape index (κ2) is 10.1. The zero-order chi connectivity index (χ0) is 24.3. The molecule has 2 aromatic carbocycles. The third kappa shape index (κ3) is 5.02. The summed E-state index contributed by atoms with van der Waals surface area (Å²) in [5.41, 5.74) is 0.207. The van der Waals surface area contributed by atoms with Gasteiger partial charge in [-0.1, -0.05) is 12.1 Å². The van der Waals surface area contributed by atoms with Crippen molar-refractivity contribution in [3.05, 3.63) is 47.5 Å². The van der Waals surface area contributed by atoms with Crippen molar-refractivity contribution in [2.45, 2.75) is 30.7 Å². The Balaban J connectivity index is 1.83. The molecule has 11 heteroatoms. The van der Waals surface area contributed by atoms with Crippen molar-refractivity contribution in [3.63, 3.8) is 0 Å². The summed E-state index contributed by atoms with van der Waals surface area (Å²) in [5, 5.41) is 69.5. The monoisotopic (exact) mass is 464 g/mol. The Labute approximate surface area is 188 Å². The van der Waals surface area contributed by atoms with Crippen LogP contribution in [0, 0.1) is 0 Å². The first-order valence-corrected chi connectivity index (χ1v) is 9.79. The van der Waals surface area contributed by atoms with Crippen molar-refractivity contribution >= 4 is 11.9 Å². The third-order valence-electron chi connectivity index (χ3n) is 5.09. The van der Waals surface area contributed by atoms with E-state index in [1.54, 1.807) is 6.07 Å². The summed E-state index contributed by atoms with van der Waals surface area (Å²) in [6, 6.07) is 6.67. The maximum absolute atomic E-state index is 12.6. The number of aromatic hydroxyl groups is 3. The molecule has 1 aliphatic rings. The minimum atomic E-state index is -1.79. The van der Waals surface area contributed by atoms with Gasteiger partial charge in [0.05, 0.1) is 19.3 Å². The third-order valence-corrected chi connectivity index (χ3v) is 5.09. The predicted octanol–water partition coefficient (Wildman–Crippen LogP) is -0.113. The molecule has 0 radical (unpaired) electrons. The second-order valence-electron chi connectivity index (χ2n) is 7.25. The van der Waals surface area contributed by atoms with Crippen molar-refractivity contribution in [3.8, 4) is 28.7 Å². The highest BCUT2D eigenvalue weighted by Gasteiger charge is 2.45. The van der Waals surface area contributed by atoms with Gasteiger partial charge >= 0.3 is 0 Å². The van der Waals surface area contributed by atoms with Gasteiger partial charge in [0.25, 0.3) is 0 Å². The van der Waals surface area contributed by atoms with E-state index < -0.39 is 60.3 Å². The lowest BCUT2D eigenvalue weighted by Crippen LogP contribution is -2.60. The molecule has 0 saturated carbocycles. The van der Waals surface area contributed by atoms with E-state index in [9.17, 15) is 40.5 Å². The summed E-state index contributed by atoms with van der Waals surface area (Å²) >= 11 is 0. The fourth-order valence-electron chi connectivity index (χ4n) is 3.23. The molecule has 0 aliphatic carbocycles. The SMILES string of the molecule is COc1ccc(C=CC(=O)c2ccc(O)c(OC3OC(CO)C(O)C(O)C3O)c2O)cc1O. The molecular weight excluding hydrogens is 440 g/mol. The molecule has 2 aromatic rings. The number of benzene rings is 2. The number of carbonyl (C=O) groups excluding carboxylic acids is 1. The lowest BCUT2D eigenvalue weighted by Gasteiger charge is -2.39. The molecule has 7 N–H and O–H groups in total. The van der Waals surface area contributed by atoms with Gasteiger partial charge in [0, 0.05) is 0 Å². The Morgan fingerprint density at radius 1 is 1.03 bits per heavy atom. The molecule has 1 aliphatic heterocycles. The highest BCUT2D eigenvalue weighted by molar-refractivity contribution is 6.09. The number of allylic oxidation sites excluding steroid dienone is 1. The number of aliphatic hydroxyl groups excluding tert-OH is 4. The van der Waals surface area contributed by atoms with Gasteiger partial charge < -0.3 is 50.0 Å². The number of methoxy groups -OCH3 is 1. The van der Waals surface area contributed by atoms with Crippen molar-refractivity contribution in [2.24, 2.45) is 0 Å². The summed E-state index contributed by atoms with van der Waals surface area (Å²) in [4.78, 5) is 12.6. The van der Waals surface area contributed by atoms with Crippen LogP contribution in [-0.4, -0.2) is 86.0 Å². The van der Waals surface area contributed by atoms with Crippen LogP contribution in [-0.2, 0) is 4.74 Å². The topological polar surface area (TPSA) is 186 Å². The summed E-state index contributed by atoms with van der Waals surface area (Å²) in [7, 11) is 1.39. The first-order chi connectivity index (χ1) is 15.7. The minimum absolute atomic E-state index is 0.130. The average molecular weight is 464 g/mol. The van der Waals surface area contributed by atoms with Crippen molar-refractivity contribution in [2.75, 3.05) is 13.7 Å². The van der Waals surface area contributed by atoms with Crippen LogP contribution in [0.1, 0.15) is 15.9 Å². The van der Waals surface area contributed by atoms with E-state index in [0.717, 1.165) is 18.2 Å². The number of rotatable bonds is 7. The van der Waals surface area contributed by atoms with E-state index in [1.165, 1.54) is 25.3 Å². The second-order valence-corrected chi connectivity index (χ2v) is 7.25. The van der Waals surface area contributed by atoms with E-state index >= 15 is 0 Å². The van der Waals surface area contributed by atoms with Gasteiger partial charge in [-0.2, -0.15) is 0 Å². The van der Waals surface area contributed by atoms with E-state index in [4.69, 9.17) is 14.2 Å². The smallest absolute Gasteiger partial charge is 0.229 e. The maximum atomic E-state index is 12.6. The predicted molar refractivity (Wildman–Crippen MR) is 112 cm³/mol. The van der Waals surface area contributed by atoms with Gasteiger partial charge in [-0.05, 0) is 35.9 Å². The number of aliphatic hydroxyl groups is 4. The van der Waals surface area contributed by atoms with Crippen molar-refractivity contribution in [1.29, 1.82) is 0 Å². The number of hydrogen-bond acceptors (Lipinski definition) is 11. The molecular formula is C22H24O11. The van der Waals surface area contributed by atoms with Crippen LogP contribution in [0.5, 0.6) is 28.7 Å². The standard InChI is InChI=1S/C22H24O11/c1-31-15-7-3-10(8-14(15)26)2-5-12(24)11-4-6-13(25)21(17(11)27)33-22-20(30)19(29)18(28)16(9-23)32-22/h2-8,16,18-20,22-23,25-30H,9H2,1H3. The Kier molecular flexibility index (Phi) is 7.41. The van der Waals surface area contributed by atoms with E-state index in [2.05, 4.69) is 0 Å². The fourth-order valence-corrected chi connectivity index (χ4v) is 3.23. The lowest BCUT2D eigenvalue weighted by atomic mass is 9.99. The van der Waals surface area contributed by atoms with E-state index in [0.29, 0.717) is 5.56 Å². The van der Waals surface area contributed by atoms with Gasteiger partial charge in [0.1, 0.15) is 24.4 Å². The molecule has 11 nitrogen and oxygen atoms in total. The summed E-state index contributed by atoms with van der Waals surface area (Å²) in [6.45, 7) is -0.701. The molecule has 0 aromatic heterocycles. The molecule has 5 unspecified atom stereocenters. The minimum Gasteiger partial charge on any atom is -0.504 e. The van der Waals surface area contributed by atoms with Gasteiger partial charge in [-0.3, -0.25) is 4.79 Å². The number of ether oxygens (including phenoxy) is 3. The highest BCUT2D eigenvalue weighted by atomic mass is 16.7. The normalized spacial score (nSPS) is 25.2. The van der Waals surface area contributed by atoms with Crippen LogP contribution in [0.4, 0.5) is 0 Å². The van der Waals surface area contributed by atoms with Gasteiger partial charge in [0.15, 0.2) is 28.8 Å². The van der Waals surface area contributed by atoms with Gasteiger partial charge in [-0.15, -0.1) is 0 Å². The van der Waals surface area contributed by atoms with Crippen LogP contribution in [0.15, 0.2) is 36.4 Å². The lowest BCUT2D eigenvalue weighted by molar-refractivity contribution is -0.277. The number of phenolic OH excluding ortho intramolecular Hbond substituents is 3. The number of phenols is 3. The number of ketones is 1. The fraction of sp³-hybridized carbons (Fsp3) is 0.318. The highest BCUT2D eigenvalue weighted by Crippen LogP contribution is 2.40. The zero-order valence-corrected chi connectivity index (χ0v) is 17.4. The molecule has 3 rings (SSSR count).